The van der Waals surface area contributed by atoms with E-state index in [-0.39, 0.29) is 12.0 Å². The number of likely N-dealkylation sites (tertiary alicyclic amines) is 1. The fourth-order valence-electron chi connectivity index (χ4n) is 4.46. The van der Waals surface area contributed by atoms with Gasteiger partial charge in [0.2, 0.25) is 0 Å². The van der Waals surface area contributed by atoms with E-state index in [0.717, 1.165) is 56.1 Å². The standard InChI is InChI=1S/C29H44N2O3/c1-23-25(11-7-13-27(23)33-19-9-15-30-21-29(3,4)22-32)26-12-8-14-28(24(26)2)34-20-10-18-31-16-5-6-17-31/h7-8,11-14,30,32H,5-6,9-10,15-22H2,1-4H3. The molecule has 5 nitrogen and oxygen atoms in total. The van der Waals surface area contributed by atoms with Crippen molar-refractivity contribution >= 4 is 0 Å². The molecule has 0 saturated carbocycles. The molecular formula is C29H44N2O3. The maximum atomic E-state index is 9.35. The lowest BCUT2D eigenvalue weighted by Gasteiger charge is -2.22. The second-order valence-electron chi connectivity index (χ2n) is 10.3. The van der Waals surface area contributed by atoms with Crippen LogP contribution in [0.25, 0.3) is 11.1 Å². The van der Waals surface area contributed by atoms with Crippen LogP contribution in [0.2, 0.25) is 0 Å². The molecule has 0 unspecified atom stereocenters. The summed E-state index contributed by atoms with van der Waals surface area (Å²) >= 11 is 0. The summed E-state index contributed by atoms with van der Waals surface area (Å²) in [5, 5.41) is 12.8. The van der Waals surface area contributed by atoms with Crippen molar-refractivity contribution in [2.45, 2.75) is 53.4 Å². The molecule has 1 fully saturated rings. The van der Waals surface area contributed by atoms with Crippen molar-refractivity contribution in [2.24, 2.45) is 5.41 Å². The van der Waals surface area contributed by atoms with E-state index in [2.05, 4.69) is 74.3 Å². The second-order valence-corrected chi connectivity index (χ2v) is 10.3. The molecular weight excluding hydrogens is 424 g/mol. The molecule has 2 aromatic carbocycles. The Kier molecular flexibility index (Phi) is 10.2. The van der Waals surface area contributed by atoms with E-state index in [1.807, 2.05) is 0 Å². The van der Waals surface area contributed by atoms with Crippen LogP contribution in [0.4, 0.5) is 0 Å². The van der Waals surface area contributed by atoms with Crippen molar-refractivity contribution < 1.29 is 14.6 Å². The van der Waals surface area contributed by atoms with Crippen LogP contribution in [0.5, 0.6) is 11.5 Å². The van der Waals surface area contributed by atoms with Gasteiger partial charge in [-0.15, -0.1) is 0 Å². The van der Waals surface area contributed by atoms with Crippen LogP contribution in [0, 0.1) is 19.3 Å². The second kappa shape index (κ2) is 13.1. The molecule has 3 rings (SSSR count). The highest BCUT2D eigenvalue weighted by Crippen LogP contribution is 2.35. The Hall–Kier alpha value is -2.08. The topological polar surface area (TPSA) is 54.0 Å². The van der Waals surface area contributed by atoms with Gasteiger partial charge in [0, 0.05) is 25.1 Å². The van der Waals surface area contributed by atoms with Crippen molar-refractivity contribution in [1.82, 2.24) is 10.2 Å². The van der Waals surface area contributed by atoms with Crippen LogP contribution >= 0.6 is 0 Å². The SMILES string of the molecule is Cc1c(OCCCNCC(C)(C)CO)cccc1-c1cccc(OCCCN2CCCC2)c1C. The van der Waals surface area contributed by atoms with Crippen LogP contribution in [0.3, 0.4) is 0 Å². The third-order valence-corrected chi connectivity index (χ3v) is 6.72. The Morgan fingerprint density at radius 2 is 1.44 bits per heavy atom. The molecule has 1 aliphatic heterocycles. The number of benzene rings is 2. The van der Waals surface area contributed by atoms with Gasteiger partial charge >= 0.3 is 0 Å². The summed E-state index contributed by atoms with van der Waals surface area (Å²) in [6, 6.07) is 12.6. The van der Waals surface area contributed by atoms with E-state index in [1.54, 1.807) is 0 Å². The molecule has 188 valence electrons. The maximum absolute atomic E-state index is 9.35. The van der Waals surface area contributed by atoms with E-state index in [4.69, 9.17) is 9.47 Å². The van der Waals surface area contributed by atoms with Crippen LogP contribution < -0.4 is 14.8 Å². The minimum Gasteiger partial charge on any atom is -0.493 e. The average Bonchev–Trinajstić information content (AvgIpc) is 3.35. The minimum atomic E-state index is -0.0875. The third kappa shape index (κ3) is 7.72. The van der Waals surface area contributed by atoms with Crippen LogP contribution in [-0.4, -0.2) is 62.6 Å². The highest BCUT2D eigenvalue weighted by molar-refractivity contribution is 5.74. The molecule has 0 radical (unpaired) electrons. The first kappa shape index (κ1) is 26.5. The molecule has 1 heterocycles. The summed E-state index contributed by atoms with van der Waals surface area (Å²) in [7, 11) is 0. The third-order valence-electron chi connectivity index (χ3n) is 6.72. The van der Waals surface area contributed by atoms with Crippen molar-refractivity contribution in [1.29, 1.82) is 0 Å². The largest absolute Gasteiger partial charge is 0.493 e. The van der Waals surface area contributed by atoms with E-state index < -0.39 is 0 Å². The molecule has 0 atom stereocenters. The zero-order valence-electron chi connectivity index (χ0n) is 21.7. The van der Waals surface area contributed by atoms with E-state index in [0.29, 0.717) is 6.61 Å². The van der Waals surface area contributed by atoms with Crippen molar-refractivity contribution in [3.8, 4) is 22.6 Å². The molecule has 0 aromatic heterocycles. The fourth-order valence-corrected chi connectivity index (χ4v) is 4.46. The molecule has 0 amide bonds. The number of hydrogen-bond acceptors (Lipinski definition) is 5. The summed E-state index contributed by atoms with van der Waals surface area (Å²) in [5.74, 6) is 1.91. The Bertz CT molecular complexity index is 891. The smallest absolute Gasteiger partial charge is 0.122 e. The lowest BCUT2D eigenvalue weighted by atomic mass is 9.95. The van der Waals surface area contributed by atoms with Crippen LogP contribution in [0.1, 0.15) is 50.7 Å². The summed E-state index contributed by atoms with van der Waals surface area (Å²) in [5.41, 5.74) is 4.65. The van der Waals surface area contributed by atoms with Gasteiger partial charge in [-0.05, 0) is 93.6 Å². The van der Waals surface area contributed by atoms with Crippen LogP contribution in [-0.2, 0) is 0 Å². The molecule has 0 spiro atoms. The number of aliphatic hydroxyl groups excluding tert-OH is 1. The lowest BCUT2D eigenvalue weighted by Crippen LogP contribution is -2.33. The molecule has 1 aliphatic rings. The van der Waals surface area contributed by atoms with Gasteiger partial charge in [0.25, 0.3) is 0 Å². The van der Waals surface area contributed by atoms with Gasteiger partial charge in [-0.2, -0.15) is 0 Å². The molecule has 2 aromatic rings. The monoisotopic (exact) mass is 468 g/mol. The number of nitrogens with one attached hydrogen (secondary N) is 1. The van der Waals surface area contributed by atoms with Gasteiger partial charge in [-0.3, -0.25) is 0 Å². The van der Waals surface area contributed by atoms with Crippen LogP contribution in [0.15, 0.2) is 36.4 Å². The lowest BCUT2D eigenvalue weighted by molar-refractivity contribution is 0.156. The van der Waals surface area contributed by atoms with Gasteiger partial charge in [-0.1, -0.05) is 38.1 Å². The maximum Gasteiger partial charge on any atom is 0.122 e. The Morgan fingerprint density at radius 1 is 0.882 bits per heavy atom. The number of aliphatic hydroxyl groups is 1. The fraction of sp³-hybridized carbons (Fsp3) is 0.586. The molecule has 0 aliphatic carbocycles. The van der Waals surface area contributed by atoms with Gasteiger partial charge in [0.05, 0.1) is 13.2 Å². The predicted molar refractivity (Wildman–Crippen MR) is 141 cm³/mol. The van der Waals surface area contributed by atoms with E-state index in [1.165, 1.54) is 42.6 Å². The van der Waals surface area contributed by atoms with Crippen molar-refractivity contribution in [2.75, 3.05) is 52.5 Å². The van der Waals surface area contributed by atoms with Gasteiger partial charge < -0.3 is 24.8 Å². The summed E-state index contributed by atoms with van der Waals surface area (Å²) in [4.78, 5) is 2.54. The van der Waals surface area contributed by atoms with Gasteiger partial charge in [-0.25, -0.2) is 0 Å². The molecule has 5 heteroatoms. The van der Waals surface area contributed by atoms with Crippen molar-refractivity contribution in [3.05, 3.63) is 47.5 Å². The van der Waals surface area contributed by atoms with E-state index >= 15 is 0 Å². The summed E-state index contributed by atoms with van der Waals surface area (Å²) < 4.78 is 12.3. The Morgan fingerprint density at radius 3 is 2.00 bits per heavy atom. The molecule has 1 saturated heterocycles. The summed E-state index contributed by atoms with van der Waals surface area (Å²) in [6.45, 7) is 15.3. The first-order chi connectivity index (χ1) is 16.4. The molecule has 2 N–H and O–H groups in total. The van der Waals surface area contributed by atoms with Gasteiger partial charge in [0.1, 0.15) is 11.5 Å². The highest BCUT2D eigenvalue weighted by atomic mass is 16.5. The van der Waals surface area contributed by atoms with E-state index in [9.17, 15) is 5.11 Å². The first-order valence-corrected chi connectivity index (χ1v) is 12.9. The normalized spacial score (nSPS) is 14.5. The molecule has 34 heavy (non-hydrogen) atoms. The molecule has 0 bridgehead atoms. The quantitative estimate of drug-likeness (QED) is 0.373. The number of rotatable bonds is 14. The summed E-state index contributed by atoms with van der Waals surface area (Å²) in [6.07, 6.45) is 4.66. The minimum absolute atomic E-state index is 0.0875. The zero-order valence-corrected chi connectivity index (χ0v) is 21.7. The first-order valence-electron chi connectivity index (χ1n) is 12.9. The number of hydrogen-bond donors (Lipinski definition) is 2. The Labute approximate surface area is 206 Å². The van der Waals surface area contributed by atoms with Crippen molar-refractivity contribution in [3.63, 3.8) is 0 Å². The zero-order chi connectivity index (χ0) is 24.4. The Balaban J connectivity index is 1.54. The van der Waals surface area contributed by atoms with Gasteiger partial charge in [0.15, 0.2) is 0 Å². The number of nitrogens with zero attached hydrogens (tertiary/aromatic N) is 1. The predicted octanol–water partition coefficient (Wildman–Crippen LogP) is 5.21. The number of ether oxygens (including phenoxy) is 2. The highest BCUT2D eigenvalue weighted by Gasteiger charge is 2.16. The average molecular weight is 469 g/mol.